The van der Waals surface area contributed by atoms with E-state index in [4.69, 9.17) is 10.5 Å². The number of rotatable bonds is 5. The van der Waals surface area contributed by atoms with Crippen molar-refractivity contribution in [3.8, 4) is 5.75 Å². The average molecular weight is 193 g/mol. The zero-order valence-corrected chi connectivity index (χ0v) is 8.32. The maximum Gasteiger partial charge on any atom is 0.166 e. The number of nitrogens with two attached hydrogens (primary N) is 1. The monoisotopic (exact) mass is 193 g/mol. The number of methoxy groups -OCH3 is 1. The summed E-state index contributed by atoms with van der Waals surface area (Å²) in [6.45, 7) is 0.543. The number of ether oxygens (including phenoxy) is 1. The summed E-state index contributed by atoms with van der Waals surface area (Å²) in [5.41, 5.74) is 5.98. The summed E-state index contributed by atoms with van der Waals surface area (Å²) < 4.78 is 5.09. The number of carbonyl (C=O) groups excluding carboxylic acids is 1. The van der Waals surface area contributed by atoms with Gasteiger partial charge in [-0.15, -0.1) is 0 Å². The molecular formula is C11H15NO2. The lowest BCUT2D eigenvalue weighted by atomic mass is 10.1. The summed E-state index contributed by atoms with van der Waals surface area (Å²) in [5, 5.41) is 0. The van der Waals surface area contributed by atoms with E-state index < -0.39 is 0 Å². The van der Waals surface area contributed by atoms with Crippen LogP contribution in [0.1, 0.15) is 23.2 Å². The minimum absolute atomic E-state index is 0.0906. The number of ketones is 1. The third-order valence-electron chi connectivity index (χ3n) is 2.02. The Balaban J connectivity index is 2.78. The molecule has 0 aromatic heterocycles. The SMILES string of the molecule is COc1ccccc1C(=O)CCCN. The Morgan fingerprint density at radius 2 is 2.14 bits per heavy atom. The molecule has 0 amide bonds. The normalized spacial score (nSPS) is 9.86. The molecule has 0 spiro atoms. The van der Waals surface area contributed by atoms with Gasteiger partial charge >= 0.3 is 0 Å². The average Bonchev–Trinajstić information content (AvgIpc) is 2.25. The first-order chi connectivity index (χ1) is 6.79. The first-order valence-electron chi connectivity index (χ1n) is 4.66. The van der Waals surface area contributed by atoms with Gasteiger partial charge in [0, 0.05) is 6.42 Å². The lowest BCUT2D eigenvalue weighted by molar-refractivity contribution is 0.0978. The Kier molecular flexibility index (Phi) is 4.13. The molecule has 0 atom stereocenters. The smallest absolute Gasteiger partial charge is 0.166 e. The third-order valence-corrected chi connectivity index (χ3v) is 2.02. The molecule has 1 aromatic carbocycles. The van der Waals surface area contributed by atoms with Gasteiger partial charge in [-0.2, -0.15) is 0 Å². The van der Waals surface area contributed by atoms with Crippen molar-refractivity contribution in [1.29, 1.82) is 0 Å². The highest BCUT2D eigenvalue weighted by Gasteiger charge is 2.09. The first-order valence-corrected chi connectivity index (χ1v) is 4.66. The van der Waals surface area contributed by atoms with Crippen LogP contribution < -0.4 is 10.5 Å². The van der Waals surface area contributed by atoms with E-state index in [1.54, 1.807) is 19.2 Å². The lowest BCUT2D eigenvalue weighted by Gasteiger charge is -2.06. The van der Waals surface area contributed by atoms with Crippen LogP contribution in [0.2, 0.25) is 0 Å². The molecule has 0 radical (unpaired) electrons. The third kappa shape index (κ3) is 2.57. The molecular weight excluding hydrogens is 178 g/mol. The minimum atomic E-state index is 0.0906. The predicted octanol–water partition coefficient (Wildman–Crippen LogP) is 1.62. The molecule has 0 unspecified atom stereocenters. The van der Waals surface area contributed by atoms with Gasteiger partial charge in [-0.3, -0.25) is 4.79 Å². The van der Waals surface area contributed by atoms with Gasteiger partial charge in [0.1, 0.15) is 5.75 Å². The number of hydrogen-bond donors (Lipinski definition) is 1. The van der Waals surface area contributed by atoms with Gasteiger partial charge in [0.2, 0.25) is 0 Å². The van der Waals surface area contributed by atoms with Crippen molar-refractivity contribution in [1.82, 2.24) is 0 Å². The molecule has 0 saturated heterocycles. The zero-order chi connectivity index (χ0) is 10.4. The Hall–Kier alpha value is -1.35. The van der Waals surface area contributed by atoms with Crippen LogP contribution >= 0.6 is 0 Å². The Labute approximate surface area is 83.9 Å². The number of benzene rings is 1. The Morgan fingerprint density at radius 1 is 1.43 bits per heavy atom. The fraction of sp³-hybridized carbons (Fsp3) is 0.364. The molecule has 0 saturated carbocycles. The topological polar surface area (TPSA) is 52.3 Å². The summed E-state index contributed by atoms with van der Waals surface area (Å²) in [5.74, 6) is 0.724. The molecule has 2 N–H and O–H groups in total. The molecule has 0 aliphatic carbocycles. The lowest BCUT2D eigenvalue weighted by Crippen LogP contribution is -2.06. The maximum absolute atomic E-state index is 11.6. The van der Waals surface area contributed by atoms with Crippen molar-refractivity contribution in [2.45, 2.75) is 12.8 Å². The van der Waals surface area contributed by atoms with Gasteiger partial charge < -0.3 is 10.5 Å². The van der Waals surface area contributed by atoms with Gasteiger partial charge in [-0.05, 0) is 25.1 Å². The fourth-order valence-electron chi connectivity index (χ4n) is 1.27. The summed E-state index contributed by atoms with van der Waals surface area (Å²) >= 11 is 0. The van der Waals surface area contributed by atoms with Crippen LogP contribution in [0.3, 0.4) is 0 Å². The second-order valence-electron chi connectivity index (χ2n) is 3.02. The molecule has 0 aliphatic heterocycles. The van der Waals surface area contributed by atoms with Crippen LogP contribution in [0.25, 0.3) is 0 Å². The number of para-hydroxylation sites is 1. The second kappa shape index (κ2) is 5.40. The van der Waals surface area contributed by atoms with Crippen LogP contribution in [0.4, 0.5) is 0 Å². The van der Waals surface area contributed by atoms with E-state index in [-0.39, 0.29) is 5.78 Å². The molecule has 1 aromatic rings. The van der Waals surface area contributed by atoms with Crippen molar-refractivity contribution in [2.24, 2.45) is 5.73 Å². The number of carbonyl (C=O) groups is 1. The van der Waals surface area contributed by atoms with E-state index in [0.717, 1.165) is 6.42 Å². The predicted molar refractivity (Wildman–Crippen MR) is 55.6 cm³/mol. The van der Waals surface area contributed by atoms with E-state index in [1.165, 1.54) is 0 Å². The van der Waals surface area contributed by atoms with E-state index >= 15 is 0 Å². The maximum atomic E-state index is 11.6. The molecule has 14 heavy (non-hydrogen) atoms. The molecule has 0 aliphatic rings. The molecule has 3 nitrogen and oxygen atoms in total. The first kappa shape index (κ1) is 10.7. The van der Waals surface area contributed by atoms with E-state index in [9.17, 15) is 4.79 Å². The molecule has 3 heteroatoms. The summed E-state index contributed by atoms with van der Waals surface area (Å²) in [6, 6.07) is 7.24. The second-order valence-corrected chi connectivity index (χ2v) is 3.02. The zero-order valence-electron chi connectivity index (χ0n) is 8.32. The number of Topliss-reactive ketones (excluding diaryl/α,β-unsaturated/α-hetero) is 1. The van der Waals surface area contributed by atoms with Crippen LogP contribution in [0.15, 0.2) is 24.3 Å². The fourth-order valence-corrected chi connectivity index (χ4v) is 1.27. The molecule has 0 bridgehead atoms. The highest BCUT2D eigenvalue weighted by Crippen LogP contribution is 2.19. The highest BCUT2D eigenvalue weighted by atomic mass is 16.5. The highest BCUT2D eigenvalue weighted by molar-refractivity contribution is 5.98. The van der Waals surface area contributed by atoms with Crippen molar-refractivity contribution >= 4 is 5.78 Å². The largest absolute Gasteiger partial charge is 0.496 e. The quantitative estimate of drug-likeness (QED) is 0.723. The molecule has 0 heterocycles. The van der Waals surface area contributed by atoms with E-state index in [0.29, 0.717) is 24.3 Å². The molecule has 0 fully saturated rings. The van der Waals surface area contributed by atoms with Crippen LogP contribution in [-0.4, -0.2) is 19.4 Å². The van der Waals surface area contributed by atoms with Gasteiger partial charge in [0.15, 0.2) is 5.78 Å². The van der Waals surface area contributed by atoms with Crippen molar-refractivity contribution in [3.05, 3.63) is 29.8 Å². The standard InChI is InChI=1S/C11H15NO2/c1-14-11-7-3-2-5-9(11)10(13)6-4-8-12/h2-3,5,7H,4,6,8,12H2,1H3. The molecule has 76 valence electrons. The van der Waals surface area contributed by atoms with Crippen LogP contribution in [0.5, 0.6) is 5.75 Å². The van der Waals surface area contributed by atoms with Crippen molar-refractivity contribution < 1.29 is 9.53 Å². The van der Waals surface area contributed by atoms with Gasteiger partial charge in [-0.25, -0.2) is 0 Å². The van der Waals surface area contributed by atoms with Gasteiger partial charge in [-0.1, -0.05) is 12.1 Å². The van der Waals surface area contributed by atoms with E-state index in [2.05, 4.69) is 0 Å². The van der Waals surface area contributed by atoms with Crippen molar-refractivity contribution in [2.75, 3.05) is 13.7 Å². The Morgan fingerprint density at radius 3 is 2.79 bits per heavy atom. The Bertz CT molecular complexity index is 310. The van der Waals surface area contributed by atoms with Crippen LogP contribution in [-0.2, 0) is 0 Å². The van der Waals surface area contributed by atoms with Gasteiger partial charge in [0.25, 0.3) is 0 Å². The summed E-state index contributed by atoms with van der Waals surface area (Å²) in [4.78, 5) is 11.6. The minimum Gasteiger partial charge on any atom is -0.496 e. The molecule has 1 rings (SSSR count). The van der Waals surface area contributed by atoms with E-state index in [1.807, 2.05) is 12.1 Å². The summed E-state index contributed by atoms with van der Waals surface area (Å²) in [6.07, 6.45) is 1.20. The number of hydrogen-bond acceptors (Lipinski definition) is 3. The van der Waals surface area contributed by atoms with Crippen molar-refractivity contribution in [3.63, 3.8) is 0 Å². The van der Waals surface area contributed by atoms with Crippen LogP contribution in [0, 0.1) is 0 Å². The summed E-state index contributed by atoms with van der Waals surface area (Å²) in [7, 11) is 1.56. The van der Waals surface area contributed by atoms with Gasteiger partial charge in [0.05, 0.1) is 12.7 Å².